The molecule has 0 saturated carbocycles. The first-order chi connectivity index (χ1) is 10.6. The van der Waals surface area contributed by atoms with Crippen LogP contribution in [0, 0.1) is 0 Å². The second kappa shape index (κ2) is 6.41. The fraction of sp³-hybridized carbons (Fsp3) is 0.267. The van der Waals surface area contributed by atoms with Gasteiger partial charge in [0.25, 0.3) is 5.91 Å². The molecule has 1 aliphatic heterocycles. The Morgan fingerprint density at radius 3 is 2.73 bits per heavy atom. The molecule has 1 aliphatic rings. The van der Waals surface area contributed by atoms with Crippen LogP contribution in [0.1, 0.15) is 22.2 Å². The molecular formula is C15H14BrNO5. The van der Waals surface area contributed by atoms with E-state index in [0.717, 1.165) is 0 Å². The third-order valence-corrected chi connectivity index (χ3v) is 3.63. The van der Waals surface area contributed by atoms with E-state index in [9.17, 15) is 9.90 Å². The van der Waals surface area contributed by atoms with Crippen molar-refractivity contribution in [2.75, 3.05) is 19.8 Å². The average molecular weight is 368 g/mol. The molecule has 1 aromatic heterocycles. The fourth-order valence-corrected chi connectivity index (χ4v) is 2.40. The Bertz CT molecular complexity index is 684. The lowest BCUT2D eigenvalue weighted by Crippen LogP contribution is -2.28. The third kappa shape index (κ3) is 3.26. The van der Waals surface area contributed by atoms with Crippen LogP contribution in [0.4, 0.5) is 0 Å². The maximum Gasteiger partial charge on any atom is 0.287 e. The van der Waals surface area contributed by atoms with Gasteiger partial charge in [0.2, 0.25) is 0 Å². The van der Waals surface area contributed by atoms with Gasteiger partial charge in [-0.25, -0.2) is 0 Å². The second-order valence-electron chi connectivity index (χ2n) is 4.73. The summed E-state index contributed by atoms with van der Waals surface area (Å²) in [5.74, 6) is 1.05. The van der Waals surface area contributed by atoms with Crippen molar-refractivity contribution in [3.05, 3.63) is 46.3 Å². The first-order valence-corrected chi connectivity index (χ1v) is 7.54. The van der Waals surface area contributed by atoms with Crippen molar-refractivity contribution < 1.29 is 23.8 Å². The van der Waals surface area contributed by atoms with Gasteiger partial charge in [-0.1, -0.05) is 6.07 Å². The second-order valence-corrected chi connectivity index (χ2v) is 5.51. The Balaban J connectivity index is 1.62. The lowest BCUT2D eigenvalue weighted by atomic mass is 10.1. The fourth-order valence-electron chi connectivity index (χ4n) is 2.10. The number of aliphatic hydroxyl groups excluding tert-OH is 1. The lowest BCUT2D eigenvalue weighted by molar-refractivity contribution is 0.0887. The van der Waals surface area contributed by atoms with Gasteiger partial charge in [0.05, 0.1) is 6.10 Å². The number of furan rings is 1. The molecule has 0 unspecified atom stereocenters. The van der Waals surface area contributed by atoms with Crippen LogP contribution in [-0.2, 0) is 0 Å². The monoisotopic (exact) mass is 367 g/mol. The van der Waals surface area contributed by atoms with Gasteiger partial charge in [-0.05, 0) is 45.8 Å². The maximum absolute atomic E-state index is 11.8. The van der Waals surface area contributed by atoms with E-state index in [1.54, 1.807) is 30.3 Å². The summed E-state index contributed by atoms with van der Waals surface area (Å²) in [5.41, 5.74) is 0.644. The molecule has 1 amide bonds. The normalized spacial score (nSPS) is 14.5. The van der Waals surface area contributed by atoms with Crippen LogP contribution < -0.4 is 14.8 Å². The Labute approximate surface area is 135 Å². The molecule has 6 nitrogen and oxygen atoms in total. The van der Waals surface area contributed by atoms with E-state index in [1.807, 2.05) is 0 Å². The molecular weight excluding hydrogens is 354 g/mol. The number of amides is 1. The predicted molar refractivity (Wildman–Crippen MR) is 81.1 cm³/mol. The Kier molecular flexibility index (Phi) is 4.35. The molecule has 2 N–H and O–H groups in total. The summed E-state index contributed by atoms with van der Waals surface area (Å²) in [6.07, 6.45) is -0.849. The highest BCUT2D eigenvalue weighted by Crippen LogP contribution is 2.32. The van der Waals surface area contributed by atoms with Crippen molar-refractivity contribution in [2.45, 2.75) is 6.10 Å². The Morgan fingerprint density at radius 1 is 1.23 bits per heavy atom. The molecule has 0 fully saturated rings. The van der Waals surface area contributed by atoms with E-state index >= 15 is 0 Å². The molecule has 0 aliphatic carbocycles. The largest absolute Gasteiger partial charge is 0.486 e. The molecule has 0 bridgehead atoms. The molecule has 1 aromatic carbocycles. The lowest BCUT2D eigenvalue weighted by Gasteiger charge is -2.20. The molecule has 116 valence electrons. The van der Waals surface area contributed by atoms with Gasteiger partial charge < -0.3 is 24.3 Å². The van der Waals surface area contributed by atoms with Gasteiger partial charge in [-0.15, -0.1) is 0 Å². The molecule has 1 atom stereocenters. The molecule has 3 rings (SSSR count). The number of aliphatic hydroxyl groups is 1. The standard InChI is InChI=1S/C15H14BrNO5/c16-14-4-3-12(22-14)15(19)17-8-10(18)9-1-2-11-13(7-9)21-6-5-20-11/h1-4,7,10,18H,5-6,8H2,(H,17,19)/t10-/m1/s1. The number of hydrogen-bond donors (Lipinski definition) is 2. The predicted octanol–water partition coefficient (Wildman–Crippen LogP) is 2.28. The summed E-state index contributed by atoms with van der Waals surface area (Å²) < 4.78 is 16.5. The van der Waals surface area contributed by atoms with Crippen LogP contribution >= 0.6 is 15.9 Å². The Hall–Kier alpha value is -1.99. The van der Waals surface area contributed by atoms with E-state index in [0.29, 0.717) is 34.9 Å². The first kappa shape index (κ1) is 14.9. The number of ether oxygens (including phenoxy) is 2. The topological polar surface area (TPSA) is 80.9 Å². The molecule has 0 saturated heterocycles. The number of benzene rings is 1. The van der Waals surface area contributed by atoms with E-state index in [4.69, 9.17) is 13.9 Å². The van der Waals surface area contributed by atoms with Crippen LogP contribution in [0.25, 0.3) is 0 Å². The van der Waals surface area contributed by atoms with Crippen LogP contribution in [0.5, 0.6) is 11.5 Å². The van der Waals surface area contributed by atoms with Crippen LogP contribution in [0.15, 0.2) is 39.4 Å². The summed E-state index contributed by atoms with van der Waals surface area (Å²) in [7, 11) is 0. The van der Waals surface area contributed by atoms with E-state index in [1.165, 1.54) is 0 Å². The van der Waals surface area contributed by atoms with E-state index < -0.39 is 6.10 Å². The van der Waals surface area contributed by atoms with Crippen LogP contribution in [-0.4, -0.2) is 30.8 Å². The van der Waals surface area contributed by atoms with Crippen molar-refractivity contribution in [2.24, 2.45) is 0 Å². The zero-order chi connectivity index (χ0) is 15.5. The van der Waals surface area contributed by atoms with Crippen molar-refractivity contribution in [1.29, 1.82) is 0 Å². The molecule has 0 spiro atoms. The molecule has 0 radical (unpaired) electrons. The van der Waals surface area contributed by atoms with Crippen molar-refractivity contribution in [1.82, 2.24) is 5.32 Å². The Morgan fingerprint density at radius 2 is 2.00 bits per heavy atom. The van der Waals surface area contributed by atoms with Crippen molar-refractivity contribution in [3.8, 4) is 11.5 Å². The van der Waals surface area contributed by atoms with Gasteiger partial charge in [0, 0.05) is 6.54 Å². The first-order valence-electron chi connectivity index (χ1n) is 6.74. The summed E-state index contributed by atoms with van der Waals surface area (Å²) in [5, 5.41) is 12.8. The number of halogens is 1. The minimum Gasteiger partial charge on any atom is -0.486 e. The van der Waals surface area contributed by atoms with Crippen LogP contribution in [0.2, 0.25) is 0 Å². The van der Waals surface area contributed by atoms with Crippen molar-refractivity contribution in [3.63, 3.8) is 0 Å². The third-order valence-electron chi connectivity index (χ3n) is 3.20. The number of nitrogens with one attached hydrogen (secondary N) is 1. The maximum atomic E-state index is 11.8. The summed E-state index contributed by atoms with van der Waals surface area (Å²) in [4.78, 5) is 11.8. The zero-order valence-corrected chi connectivity index (χ0v) is 13.1. The minimum absolute atomic E-state index is 0.0663. The van der Waals surface area contributed by atoms with Gasteiger partial charge in [0.1, 0.15) is 13.2 Å². The van der Waals surface area contributed by atoms with Gasteiger partial charge in [-0.2, -0.15) is 0 Å². The highest BCUT2D eigenvalue weighted by atomic mass is 79.9. The molecule has 2 heterocycles. The van der Waals surface area contributed by atoms with Gasteiger partial charge in [-0.3, -0.25) is 4.79 Å². The molecule has 2 aromatic rings. The van der Waals surface area contributed by atoms with Gasteiger partial charge in [0.15, 0.2) is 21.9 Å². The number of carbonyl (C=O) groups excluding carboxylic acids is 1. The SMILES string of the molecule is O=C(NC[C@@H](O)c1ccc2c(c1)OCCO2)c1ccc(Br)o1. The quantitative estimate of drug-likeness (QED) is 0.866. The van der Waals surface area contributed by atoms with E-state index in [-0.39, 0.29) is 18.2 Å². The summed E-state index contributed by atoms with van der Waals surface area (Å²) in [6.45, 7) is 1.07. The van der Waals surface area contributed by atoms with E-state index in [2.05, 4.69) is 21.2 Å². The van der Waals surface area contributed by atoms with Crippen LogP contribution in [0.3, 0.4) is 0 Å². The molecule has 7 heteroatoms. The number of carbonyl (C=O) groups is 1. The summed E-state index contributed by atoms with van der Waals surface area (Å²) in [6, 6.07) is 8.39. The van der Waals surface area contributed by atoms with Crippen molar-refractivity contribution >= 4 is 21.8 Å². The smallest absolute Gasteiger partial charge is 0.287 e. The highest BCUT2D eigenvalue weighted by Gasteiger charge is 2.17. The average Bonchev–Trinajstić information content (AvgIpc) is 2.98. The van der Waals surface area contributed by atoms with Gasteiger partial charge >= 0.3 is 0 Å². The highest BCUT2D eigenvalue weighted by molar-refractivity contribution is 9.10. The molecule has 22 heavy (non-hydrogen) atoms. The summed E-state index contributed by atoms with van der Waals surface area (Å²) >= 11 is 3.13. The zero-order valence-electron chi connectivity index (χ0n) is 11.5. The number of fused-ring (bicyclic) bond motifs is 1. The number of rotatable bonds is 4. The number of hydrogen-bond acceptors (Lipinski definition) is 5. The minimum atomic E-state index is -0.849.